The van der Waals surface area contributed by atoms with E-state index in [0.29, 0.717) is 16.8 Å². The summed E-state index contributed by atoms with van der Waals surface area (Å²) in [7, 11) is 0. The van der Waals surface area contributed by atoms with E-state index in [1.165, 1.54) is 18.5 Å². The molecule has 3 aromatic rings. The Balaban J connectivity index is 1.45. The molecule has 2 N–H and O–H groups in total. The van der Waals surface area contributed by atoms with Gasteiger partial charge in [0.15, 0.2) is 5.82 Å². The van der Waals surface area contributed by atoms with Crippen LogP contribution in [0.4, 0.5) is 28.8 Å². The molecule has 0 amide bonds. The van der Waals surface area contributed by atoms with Crippen LogP contribution in [0.1, 0.15) is 12.8 Å². The summed E-state index contributed by atoms with van der Waals surface area (Å²) < 4.78 is 0. The Hall–Kier alpha value is -2.86. The third-order valence-corrected chi connectivity index (χ3v) is 4.49. The van der Waals surface area contributed by atoms with Gasteiger partial charge in [0.25, 0.3) is 0 Å². The van der Waals surface area contributed by atoms with E-state index in [0.717, 1.165) is 24.5 Å². The highest BCUT2D eigenvalue weighted by Gasteiger charge is 2.11. The maximum atomic E-state index is 6.00. The van der Waals surface area contributed by atoms with Crippen molar-refractivity contribution in [1.29, 1.82) is 0 Å². The van der Waals surface area contributed by atoms with Gasteiger partial charge >= 0.3 is 0 Å². The molecule has 1 aliphatic rings. The molecule has 2 aromatic carbocycles. The standard InChI is InChI=1S/C19H19ClN6/c20-14-4-3-5-16(12-14)23-19-24-18(13-21-25-19)22-15-6-8-17(9-7-15)26-10-1-2-11-26/h3-9,12-13H,1-2,10-11H2,(H2,22,23,24,25). The molecule has 26 heavy (non-hydrogen) atoms. The fourth-order valence-electron chi connectivity index (χ4n) is 2.99. The van der Waals surface area contributed by atoms with E-state index in [4.69, 9.17) is 11.6 Å². The maximum Gasteiger partial charge on any atom is 0.249 e. The number of anilines is 5. The maximum absolute atomic E-state index is 6.00. The molecule has 7 heteroatoms. The summed E-state index contributed by atoms with van der Waals surface area (Å²) >= 11 is 6.00. The van der Waals surface area contributed by atoms with E-state index in [1.54, 1.807) is 6.20 Å². The second kappa shape index (κ2) is 7.58. The highest BCUT2D eigenvalue weighted by molar-refractivity contribution is 6.30. The van der Waals surface area contributed by atoms with Gasteiger partial charge in [0.1, 0.15) is 0 Å². The molecule has 4 rings (SSSR count). The Kier molecular flexibility index (Phi) is 4.84. The van der Waals surface area contributed by atoms with E-state index in [-0.39, 0.29) is 0 Å². The Bertz CT molecular complexity index is 877. The summed E-state index contributed by atoms with van der Waals surface area (Å²) in [5.41, 5.74) is 3.03. The summed E-state index contributed by atoms with van der Waals surface area (Å²) in [6.45, 7) is 2.28. The predicted molar refractivity (Wildman–Crippen MR) is 106 cm³/mol. The van der Waals surface area contributed by atoms with Crippen LogP contribution >= 0.6 is 11.6 Å². The lowest BCUT2D eigenvalue weighted by molar-refractivity contribution is 0.949. The topological polar surface area (TPSA) is 66.0 Å². The molecule has 2 heterocycles. The van der Waals surface area contributed by atoms with Gasteiger partial charge in [-0.15, -0.1) is 5.10 Å². The third kappa shape index (κ3) is 4.03. The number of benzene rings is 2. The predicted octanol–water partition coefficient (Wildman–Crippen LogP) is 4.61. The summed E-state index contributed by atoms with van der Waals surface area (Å²) in [6.07, 6.45) is 4.14. The van der Waals surface area contributed by atoms with Gasteiger partial charge in [0.2, 0.25) is 5.95 Å². The van der Waals surface area contributed by atoms with Gasteiger partial charge < -0.3 is 15.5 Å². The van der Waals surface area contributed by atoms with Crippen molar-refractivity contribution in [3.63, 3.8) is 0 Å². The van der Waals surface area contributed by atoms with Gasteiger partial charge in [-0.25, -0.2) is 0 Å². The molecule has 0 unspecified atom stereocenters. The monoisotopic (exact) mass is 366 g/mol. The second-order valence-corrected chi connectivity index (χ2v) is 6.60. The zero-order valence-corrected chi connectivity index (χ0v) is 14.9. The first-order chi connectivity index (χ1) is 12.8. The van der Waals surface area contributed by atoms with E-state index < -0.39 is 0 Å². The average molecular weight is 367 g/mol. The van der Waals surface area contributed by atoms with Crippen LogP contribution in [0.5, 0.6) is 0 Å². The molecule has 1 fully saturated rings. The zero-order chi connectivity index (χ0) is 17.8. The van der Waals surface area contributed by atoms with Gasteiger partial charge in [0.05, 0.1) is 6.20 Å². The van der Waals surface area contributed by atoms with Crippen LogP contribution in [-0.4, -0.2) is 28.3 Å². The van der Waals surface area contributed by atoms with Crippen molar-refractivity contribution in [3.8, 4) is 0 Å². The van der Waals surface area contributed by atoms with Crippen LogP contribution < -0.4 is 15.5 Å². The van der Waals surface area contributed by atoms with Crippen LogP contribution in [0.15, 0.2) is 54.7 Å². The first-order valence-corrected chi connectivity index (χ1v) is 8.98. The van der Waals surface area contributed by atoms with Crippen molar-refractivity contribution in [1.82, 2.24) is 15.2 Å². The number of nitrogens with one attached hydrogen (secondary N) is 2. The smallest absolute Gasteiger partial charge is 0.249 e. The van der Waals surface area contributed by atoms with Crippen molar-refractivity contribution in [2.24, 2.45) is 0 Å². The molecule has 0 atom stereocenters. The summed E-state index contributed by atoms with van der Waals surface area (Å²) in [5.74, 6) is 1.03. The van der Waals surface area contributed by atoms with Crippen LogP contribution in [0.3, 0.4) is 0 Å². The van der Waals surface area contributed by atoms with E-state index in [9.17, 15) is 0 Å². The van der Waals surface area contributed by atoms with Crippen molar-refractivity contribution in [2.45, 2.75) is 12.8 Å². The van der Waals surface area contributed by atoms with Gasteiger partial charge in [-0.3, -0.25) is 0 Å². The van der Waals surface area contributed by atoms with E-state index in [2.05, 4.69) is 55.0 Å². The molecule has 1 saturated heterocycles. The van der Waals surface area contributed by atoms with Crippen molar-refractivity contribution in [2.75, 3.05) is 28.6 Å². The van der Waals surface area contributed by atoms with Gasteiger partial charge in [-0.05, 0) is 55.3 Å². The summed E-state index contributed by atoms with van der Waals surface area (Å²) in [4.78, 5) is 6.85. The van der Waals surface area contributed by atoms with E-state index in [1.807, 2.05) is 24.3 Å². The highest BCUT2D eigenvalue weighted by Crippen LogP contribution is 2.24. The van der Waals surface area contributed by atoms with Crippen LogP contribution in [0.25, 0.3) is 0 Å². The lowest BCUT2D eigenvalue weighted by atomic mass is 10.2. The Morgan fingerprint density at radius 2 is 1.73 bits per heavy atom. The molecule has 0 saturated carbocycles. The highest BCUT2D eigenvalue weighted by atomic mass is 35.5. The Labute approximate surface area is 157 Å². The number of hydrogen-bond acceptors (Lipinski definition) is 6. The molecule has 0 spiro atoms. The largest absolute Gasteiger partial charge is 0.372 e. The second-order valence-electron chi connectivity index (χ2n) is 6.17. The van der Waals surface area contributed by atoms with Crippen LogP contribution in [0, 0.1) is 0 Å². The minimum absolute atomic E-state index is 0.408. The van der Waals surface area contributed by atoms with E-state index >= 15 is 0 Å². The van der Waals surface area contributed by atoms with Crippen molar-refractivity contribution < 1.29 is 0 Å². The Morgan fingerprint density at radius 3 is 2.50 bits per heavy atom. The number of halogens is 1. The first kappa shape index (κ1) is 16.6. The normalized spacial score (nSPS) is 13.7. The lowest BCUT2D eigenvalue weighted by Gasteiger charge is -2.17. The van der Waals surface area contributed by atoms with Gasteiger partial charge in [-0.2, -0.15) is 10.1 Å². The van der Waals surface area contributed by atoms with Gasteiger partial charge in [0, 0.05) is 35.2 Å². The fourth-order valence-corrected chi connectivity index (χ4v) is 3.18. The zero-order valence-electron chi connectivity index (χ0n) is 14.2. The minimum atomic E-state index is 0.408. The average Bonchev–Trinajstić information content (AvgIpc) is 3.17. The van der Waals surface area contributed by atoms with Crippen LogP contribution in [0.2, 0.25) is 5.02 Å². The quantitative estimate of drug-likeness (QED) is 0.687. The van der Waals surface area contributed by atoms with Crippen molar-refractivity contribution >= 4 is 40.4 Å². The van der Waals surface area contributed by atoms with Gasteiger partial charge in [-0.1, -0.05) is 17.7 Å². The number of nitrogens with zero attached hydrogens (tertiary/aromatic N) is 4. The third-order valence-electron chi connectivity index (χ3n) is 4.25. The molecule has 132 valence electrons. The van der Waals surface area contributed by atoms with Crippen molar-refractivity contribution in [3.05, 3.63) is 59.8 Å². The molecule has 0 radical (unpaired) electrons. The fraction of sp³-hybridized carbons (Fsp3) is 0.211. The first-order valence-electron chi connectivity index (χ1n) is 8.61. The molecular weight excluding hydrogens is 348 g/mol. The SMILES string of the molecule is Clc1cccc(Nc2nncc(Nc3ccc(N4CCCC4)cc3)n2)c1. The number of aromatic nitrogens is 3. The number of rotatable bonds is 5. The molecule has 0 bridgehead atoms. The lowest BCUT2D eigenvalue weighted by Crippen LogP contribution is -2.17. The summed E-state index contributed by atoms with van der Waals surface area (Å²) in [5, 5.41) is 15.0. The molecule has 1 aromatic heterocycles. The molecule has 6 nitrogen and oxygen atoms in total. The van der Waals surface area contributed by atoms with Crippen LogP contribution in [-0.2, 0) is 0 Å². The summed E-state index contributed by atoms with van der Waals surface area (Å²) in [6, 6.07) is 15.8. The molecular formula is C19H19ClN6. The minimum Gasteiger partial charge on any atom is -0.372 e. The Morgan fingerprint density at radius 1 is 0.923 bits per heavy atom. The molecule has 0 aliphatic carbocycles. The molecule has 1 aliphatic heterocycles. The number of hydrogen-bond donors (Lipinski definition) is 2.